The summed E-state index contributed by atoms with van der Waals surface area (Å²) in [6.07, 6.45) is 6.24. The number of anilines is 1. The number of aromatic nitrogens is 3. The quantitative estimate of drug-likeness (QED) is 0.298. The number of benzene rings is 2. The summed E-state index contributed by atoms with van der Waals surface area (Å²) in [5.41, 5.74) is 3.17. The summed E-state index contributed by atoms with van der Waals surface area (Å²) >= 11 is 0. The second kappa shape index (κ2) is 11.8. The third-order valence-electron chi connectivity index (χ3n) is 5.43. The zero-order valence-electron chi connectivity index (χ0n) is 20.7. The van der Waals surface area contributed by atoms with E-state index in [1.165, 1.54) is 22.8 Å². The first kappa shape index (κ1) is 26.1. The number of hydrogen-bond donors (Lipinski definition) is 1. The molecule has 2 aromatic heterocycles. The first-order chi connectivity index (χ1) is 17.8. The van der Waals surface area contributed by atoms with Crippen LogP contribution in [0.4, 0.5) is 5.69 Å². The number of ether oxygens (including phenoxy) is 1. The minimum Gasteiger partial charge on any atom is -0.462 e. The molecule has 2 heterocycles. The number of esters is 1. The third kappa shape index (κ3) is 7.02. The highest BCUT2D eigenvalue weighted by molar-refractivity contribution is 7.89. The molecule has 2 aromatic carbocycles. The fraction of sp³-hybridized carbons (Fsp3) is 0.222. The average molecular weight is 520 g/mol. The third-order valence-corrected chi connectivity index (χ3v) is 7.20. The molecule has 37 heavy (non-hydrogen) atoms. The van der Waals surface area contributed by atoms with Crippen LogP contribution in [0.5, 0.6) is 0 Å². The summed E-state index contributed by atoms with van der Waals surface area (Å²) in [4.78, 5) is 16.0. The standard InChI is InChI=1S/C27H29N5O4S/c1-21(2)36-27(33)18-29-24-7-3-6-23(16-24)20-31(37(34,35)26-8-4-13-28-17-26)19-22-9-11-25(12-10-22)32-15-5-14-30-32/h3-17,21,29H,18-20H2,1-2H3. The van der Waals surface area contributed by atoms with E-state index < -0.39 is 10.0 Å². The summed E-state index contributed by atoms with van der Waals surface area (Å²) in [7, 11) is -3.84. The molecule has 0 bridgehead atoms. The SMILES string of the molecule is CC(C)OC(=O)CNc1cccc(CN(Cc2ccc(-n3cccn3)cc2)S(=O)(=O)c2cccnc2)c1. The molecule has 0 unspecified atom stereocenters. The second-order valence-electron chi connectivity index (χ2n) is 8.67. The summed E-state index contributed by atoms with van der Waals surface area (Å²) < 4.78 is 35.5. The maximum atomic E-state index is 13.6. The molecule has 0 aliphatic rings. The average Bonchev–Trinajstić information content (AvgIpc) is 3.43. The molecule has 0 radical (unpaired) electrons. The molecule has 0 saturated carbocycles. The predicted molar refractivity (Wildman–Crippen MR) is 140 cm³/mol. The van der Waals surface area contributed by atoms with E-state index in [2.05, 4.69) is 15.4 Å². The lowest BCUT2D eigenvalue weighted by molar-refractivity contribution is -0.145. The second-order valence-corrected chi connectivity index (χ2v) is 10.6. The lowest BCUT2D eigenvalue weighted by Crippen LogP contribution is -2.30. The Morgan fingerprint density at radius 1 is 1.00 bits per heavy atom. The number of nitrogens with one attached hydrogen (secondary N) is 1. The first-order valence-corrected chi connectivity index (χ1v) is 13.3. The van der Waals surface area contributed by atoms with Gasteiger partial charge in [-0.1, -0.05) is 24.3 Å². The Kier molecular flexibility index (Phi) is 8.32. The van der Waals surface area contributed by atoms with E-state index in [1.54, 1.807) is 30.8 Å². The number of sulfonamides is 1. The minimum atomic E-state index is -3.84. The van der Waals surface area contributed by atoms with Gasteiger partial charge in [-0.15, -0.1) is 0 Å². The zero-order valence-corrected chi connectivity index (χ0v) is 21.5. The van der Waals surface area contributed by atoms with Gasteiger partial charge in [-0.05, 0) is 67.4 Å². The van der Waals surface area contributed by atoms with Crippen molar-refractivity contribution in [1.82, 2.24) is 19.1 Å². The monoisotopic (exact) mass is 519 g/mol. The Bertz CT molecular complexity index is 1410. The van der Waals surface area contributed by atoms with E-state index in [9.17, 15) is 13.2 Å². The highest BCUT2D eigenvalue weighted by Crippen LogP contribution is 2.22. The van der Waals surface area contributed by atoms with Crippen LogP contribution in [0.2, 0.25) is 0 Å². The maximum absolute atomic E-state index is 13.6. The van der Waals surface area contributed by atoms with Gasteiger partial charge in [0.1, 0.15) is 11.4 Å². The topological polar surface area (TPSA) is 106 Å². The van der Waals surface area contributed by atoms with Gasteiger partial charge in [0.2, 0.25) is 10.0 Å². The van der Waals surface area contributed by atoms with Crippen LogP contribution in [0.1, 0.15) is 25.0 Å². The van der Waals surface area contributed by atoms with Gasteiger partial charge < -0.3 is 10.1 Å². The van der Waals surface area contributed by atoms with Crippen molar-refractivity contribution in [2.75, 3.05) is 11.9 Å². The summed E-state index contributed by atoms with van der Waals surface area (Å²) in [5.74, 6) is -0.361. The lowest BCUT2D eigenvalue weighted by atomic mass is 10.1. The summed E-state index contributed by atoms with van der Waals surface area (Å²) in [5, 5.41) is 7.27. The predicted octanol–water partition coefficient (Wildman–Crippen LogP) is 4.02. The molecule has 192 valence electrons. The molecule has 0 fully saturated rings. The van der Waals surface area contributed by atoms with Crippen LogP contribution in [0, 0.1) is 0 Å². The molecular formula is C27H29N5O4S. The van der Waals surface area contributed by atoms with Gasteiger partial charge in [0.05, 0.1) is 11.8 Å². The van der Waals surface area contributed by atoms with Gasteiger partial charge in [0.15, 0.2) is 0 Å². The number of hydrogen-bond acceptors (Lipinski definition) is 7. The summed E-state index contributed by atoms with van der Waals surface area (Å²) in [6.45, 7) is 3.89. The van der Waals surface area contributed by atoms with Gasteiger partial charge in [0.25, 0.3) is 0 Å². The Hall–Kier alpha value is -4.02. The normalized spacial score (nSPS) is 11.6. The molecular weight excluding hydrogens is 490 g/mol. The Morgan fingerprint density at radius 3 is 2.46 bits per heavy atom. The lowest BCUT2D eigenvalue weighted by Gasteiger charge is -2.23. The maximum Gasteiger partial charge on any atom is 0.325 e. The van der Waals surface area contributed by atoms with Gasteiger partial charge in [-0.2, -0.15) is 9.40 Å². The number of rotatable bonds is 11. The van der Waals surface area contributed by atoms with E-state index in [-0.39, 0.29) is 36.6 Å². The molecule has 1 N–H and O–H groups in total. The van der Waals surface area contributed by atoms with Crippen LogP contribution in [0.3, 0.4) is 0 Å². The highest BCUT2D eigenvalue weighted by atomic mass is 32.2. The Morgan fingerprint density at radius 2 is 1.78 bits per heavy atom. The Labute approximate surface area is 216 Å². The van der Waals surface area contributed by atoms with Crippen LogP contribution in [-0.4, -0.2) is 46.1 Å². The van der Waals surface area contributed by atoms with E-state index in [1.807, 2.05) is 60.8 Å². The van der Waals surface area contributed by atoms with E-state index >= 15 is 0 Å². The smallest absolute Gasteiger partial charge is 0.325 e. The molecule has 9 nitrogen and oxygen atoms in total. The van der Waals surface area contributed by atoms with Crippen molar-refractivity contribution in [3.63, 3.8) is 0 Å². The van der Waals surface area contributed by atoms with E-state index in [4.69, 9.17) is 4.74 Å². The fourth-order valence-electron chi connectivity index (χ4n) is 3.72. The van der Waals surface area contributed by atoms with Gasteiger partial charge in [-0.3, -0.25) is 9.78 Å². The van der Waals surface area contributed by atoms with Gasteiger partial charge >= 0.3 is 5.97 Å². The summed E-state index contributed by atoms with van der Waals surface area (Å²) in [6, 6.07) is 19.9. The van der Waals surface area contributed by atoms with Crippen molar-refractivity contribution in [2.24, 2.45) is 0 Å². The molecule has 10 heteroatoms. The van der Waals surface area contributed by atoms with Crippen molar-refractivity contribution in [2.45, 2.75) is 37.9 Å². The molecule has 4 aromatic rings. The molecule has 0 saturated heterocycles. The first-order valence-electron chi connectivity index (χ1n) is 11.8. The van der Waals surface area contributed by atoms with Crippen molar-refractivity contribution in [1.29, 1.82) is 0 Å². The number of nitrogens with zero attached hydrogens (tertiary/aromatic N) is 4. The van der Waals surface area contributed by atoms with E-state index in [0.717, 1.165) is 16.8 Å². The van der Waals surface area contributed by atoms with Crippen molar-refractivity contribution in [3.8, 4) is 5.69 Å². The van der Waals surface area contributed by atoms with Crippen LogP contribution in [-0.2, 0) is 32.6 Å². The highest BCUT2D eigenvalue weighted by Gasteiger charge is 2.25. The molecule has 0 spiro atoms. The van der Waals surface area contributed by atoms with Crippen LogP contribution >= 0.6 is 0 Å². The van der Waals surface area contributed by atoms with Crippen molar-refractivity contribution < 1.29 is 17.9 Å². The van der Waals surface area contributed by atoms with Gasteiger partial charge in [0, 0.05) is 43.6 Å². The van der Waals surface area contributed by atoms with Gasteiger partial charge in [-0.25, -0.2) is 13.1 Å². The number of pyridine rings is 1. The molecule has 0 atom stereocenters. The molecule has 0 amide bonds. The van der Waals surface area contributed by atoms with Crippen molar-refractivity contribution >= 4 is 21.7 Å². The minimum absolute atomic E-state index is 0.0158. The van der Waals surface area contributed by atoms with Crippen LogP contribution in [0.25, 0.3) is 5.69 Å². The zero-order chi connectivity index (χ0) is 26.3. The van der Waals surface area contributed by atoms with Crippen LogP contribution in [0.15, 0.2) is 96.4 Å². The molecule has 0 aliphatic carbocycles. The van der Waals surface area contributed by atoms with Crippen molar-refractivity contribution in [3.05, 3.63) is 103 Å². The number of carbonyl (C=O) groups is 1. The molecule has 4 rings (SSSR count). The fourth-order valence-corrected chi connectivity index (χ4v) is 5.10. The number of carbonyl (C=O) groups excluding carboxylic acids is 1. The molecule has 0 aliphatic heterocycles. The Balaban J connectivity index is 1.56. The van der Waals surface area contributed by atoms with E-state index in [0.29, 0.717) is 5.69 Å². The van der Waals surface area contributed by atoms with Crippen LogP contribution < -0.4 is 5.32 Å². The largest absolute Gasteiger partial charge is 0.462 e.